The summed E-state index contributed by atoms with van der Waals surface area (Å²) in [5.74, 6) is 0.791. The van der Waals surface area contributed by atoms with Gasteiger partial charge in [-0.05, 0) is 60.9 Å². The fourth-order valence-electron chi connectivity index (χ4n) is 3.93. The zero-order valence-electron chi connectivity index (χ0n) is 19.6. The third-order valence-electron chi connectivity index (χ3n) is 5.81. The van der Waals surface area contributed by atoms with Gasteiger partial charge >= 0.3 is 0 Å². The van der Waals surface area contributed by atoms with Crippen molar-refractivity contribution in [3.63, 3.8) is 0 Å². The average Bonchev–Trinajstić information content (AvgIpc) is 3.23. The molecular weight excluding hydrogens is 444 g/mol. The van der Waals surface area contributed by atoms with Gasteiger partial charge < -0.3 is 9.88 Å². The van der Waals surface area contributed by atoms with Crippen molar-refractivity contribution in [1.82, 2.24) is 14.8 Å². The maximum Gasteiger partial charge on any atom is 0.237 e. The van der Waals surface area contributed by atoms with Crippen molar-refractivity contribution in [2.75, 3.05) is 5.32 Å². The van der Waals surface area contributed by atoms with Gasteiger partial charge in [0.2, 0.25) is 5.91 Å². The lowest BCUT2D eigenvalue weighted by molar-refractivity contribution is -0.115. The Bertz CT molecular complexity index is 1310. The standard InChI is InChI=1S/C27H28N4O2S/c1-4-24(26(33)28-22-15-13-19(14-16-22)18(3)32)34-27-30-29-25(31(27)5-2)17-21-11-8-10-20-9-6-7-12-23(20)21/h6-16,24H,4-5,17H2,1-3H3,(H,28,33). The lowest BCUT2D eigenvalue weighted by Crippen LogP contribution is -2.25. The van der Waals surface area contributed by atoms with Crippen molar-refractivity contribution in [2.24, 2.45) is 0 Å². The summed E-state index contributed by atoms with van der Waals surface area (Å²) in [6, 6.07) is 21.6. The number of rotatable bonds is 9. The largest absolute Gasteiger partial charge is 0.325 e. The minimum atomic E-state index is -0.313. The Morgan fingerprint density at radius 3 is 2.41 bits per heavy atom. The average molecular weight is 473 g/mol. The van der Waals surface area contributed by atoms with E-state index in [-0.39, 0.29) is 16.9 Å². The van der Waals surface area contributed by atoms with Gasteiger partial charge in [0, 0.05) is 24.2 Å². The maximum absolute atomic E-state index is 13.0. The third-order valence-corrected chi connectivity index (χ3v) is 7.15. The van der Waals surface area contributed by atoms with Crippen LogP contribution in [0.25, 0.3) is 10.8 Å². The topological polar surface area (TPSA) is 76.9 Å². The molecule has 0 aliphatic carbocycles. The van der Waals surface area contributed by atoms with Crippen LogP contribution in [-0.2, 0) is 17.8 Å². The molecule has 0 bridgehead atoms. The van der Waals surface area contributed by atoms with E-state index in [0.717, 1.165) is 17.5 Å². The first-order chi connectivity index (χ1) is 16.5. The Morgan fingerprint density at radius 2 is 1.71 bits per heavy atom. The van der Waals surface area contributed by atoms with Crippen LogP contribution < -0.4 is 5.32 Å². The van der Waals surface area contributed by atoms with Gasteiger partial charge in [0.15, 0.2) is 10.9 Å². The summed E-state index contributed by atoms with van der Waals surface area (Å²) in [6.45, 7) is 6.30. The summed E-state index contributed by atoms with van der Waals surface area (Å²) >= 11 is 1.43. The number of benzene rings is 3. The van der Waals surface area contributed by atoms with E-state index in [0.29, 0.717) is 24.1 Å². The predicted octanol–water partition coefficient (Wildman–Crippen LogP) is 5.75. The van der Waals surface area contributed by atoms with E-state index in [1.165, 1.54) is 35.0 Å². The van der Waals surface area contributed by atoms with E-state index in [2.05, 4.69) is 63.4 Å². The Labute approximate surface area is 203 Å². The summed E-state index contributed by atoms with van der Waals surface area (Å²) in [5, 5.41) is 14.7. The first kappa shape index (κ1) is 23.7. The molecule has 1 unspecified atom stereocenters. The minimum absolute atomic E-state index is 0.00178. The molecule has 3 aromatic carbocycles. The van der Waals surface area contributed by atoms with E-state index in [9.17, 15) is 9.59 Å². The first-order valence-corrected chi connectivity index (χ1v) is 12.3. The smallest absolute Gasteiger partial charge is 0.237 e. The molecule has 1 aromatic heterocycles. The molecule has 0 fully saturated rings. The molecule has 6 nitrogen and oxygen atoms in total. The normalized spacial score (nSPS) is 12.0. The fraction of sp³-hybridized carbons (Fsp3) is 0.259. The molecule has 4 aromatic rings. The third kappa shape index (κ3) is 5.20. The zero-order chi connectivity index (χ0) is 24.1. The van der Waals surface area contributed by atoms with Crippen molar-refractivity contribution >= 4 is 39.9 Å². The van der Waals surface area contributed by atoms with Crippen LogP contribution >= 0.6 is 11.8 Å². The van der Waals surface area contributed by atoms with Gasteiger partial charge in [-0.15, -0.1) is 10.2 Å². The van der Waals surface area contributed by atoms with Crippen LogP contribution in [0.1, 0.15) is 48.9 Å². The number of nitrogens with one attached hydrogen (secondary N) is 1. The number of fused-ring (bicyclic) bond motifs is 1. The van der Waals surface area contributed by atoms with Gasteiger partial charge in [-0.1, -0.05) is 61.2 Å². The second-order valence-corrected chi connectivity index (χ2v) is 9.27. The molecule has 0 saturated carbocycles. The Kier molecular flexibility index (Phi) is 7.43. The van der Waals surface area contributed by atoms with Gasteiger partial charge in [0.05, 0.1) is 5.25 Å². The SMILES string of the molecule is CCC(Sc1nnc(Cc2cccc3ccccc23)n1CC)C(=O)Nc1ccc(C(C)=O)cc1. The molecule has 174 valence electrons. The quantitative estimate of drug-likeness (QED) is 0.248. The van der Waals surface area contributed by atoms with Crippen molar-refractivity contribution in [3.8, 4) is 0 Å². The molecule has 4 rings (SSSR count). The van der Waals surface area contributed by atoms with Crippen molar-refractivity contribution < 1.29 is 9.59 Å². The molecule has 1 heterocycles. The highest BCUT2D eigenvalue weighted by Gasteiger charge is 2.22. The van der Waals surface area contributed by atoms with Crippen LogP contribution in [0, 0.1) is 0 Å². The highest BCUT2D eigenvalue weighted by Crippen LogP contribution is 2.28. The summed E-state index contributed by atoms with van der Waals surface area (Å²) < 4.78 is 2.09. The number of carbonyl (C=O) groups is 2. The summed E-state index contributed by atoms with van der Waals surface area (Å²) in [4.78, 5) is 24.4. The summed E-state index contributed by atoms with van der Waals surface area (Å²) in [6.07, 6.45) is 1.32. The van der Waals surface area contributed by atoms with Gasteiger partial charge in [0.25, 0.3) is 0 Å². The van der Waals surface area contributed by atoms with Gasteiger partial charge in [-0.2, -0.15) is 0 Å². The summed E-state index contributed by atoms with van der Waals surface area (Å²) in [5.41, 5.74) is 2.49. The number of carbonyl (C=O) groups excluding carboxylic acids is 2. The molecule has 1 amide bonds. The second kappa shape index (κ2) is 10.7. The lowest BCUT2D eigenvalue weighted by Gasteiger charge is -2.15. The van der Waals surface area contributed by atoms with E-state index < -0.39 is 0 Å². The van der Waals surface area contributed by atoms with Gasteiger partial charge in [0.1, 0.15) is 5.82 Å². The highest BCUT2D eigenvalue weighted by molar-refractivity contribution is 8.00. The van der Waals surface area contributed by atoms with Crippen LogP contribution in [0.4, 0.5) is 5.69 Å². The number of thioether (sulfide) groups is 1. The van der Waals surface area contributed by atoms with Crippen molar-refractivity contribution in [2.45, 2.75) is 50.6 Å². The number of hydrogen-bond acceptors (Lipinski definition) is 5. The van der Waals surface area contributed by atoms with Crippen LogP contribution in [0.15, 0.2) is 71.9 Å². The zero-order valence-corrected chi connectivity index (χ0v) is 20.4. The maximum atomic E-state index is 13.0. The monoisotopic (exact) mass is 472 g/mol. The van der Waals surface area contributed by atoms with Crippen LogP contribution in [0.5, 0.6) is 0 Å². The van der Waals surface area contributed by atoms with E-state index >= 15 is 0 Å². The fourth-order valence-corrected chi connectivity index (χ4v) is 4.97. The molecule has 1 N–H and O–H groups in total. The van der Waals surface area contributed by atoms with E-state index in [1.807, 2.05) is 13.0 Å². The van der Waals surface area contributed by atoms with Gasteiger partial charge in [-0.3, -0.25) is 9.59 Å². The highest BCUT2D eigenvalue weighted by atomic mass is 32.2. The molecule has 1 atom stereocenters. The number of anilines is 1. The van der Waals surface area contributed by atoms with Crippen LogP contribution in [0.2, 0.25) is 0 Å². The molecule has 0 spiro atoms. The van der Waals surface area contributed by atoms with Crippen molar-refractivity contribution in [1.29, 1.82) is 0 Å². The predicted molar refractivity (Wildman–Crippen MR) is 137 cm³/mol. The number of aromatic nitrogens is 3. The number of hydrogen-bond donors (Lipinski definition) is 1. The molecular formula is C27H28N4O2S. The lowest BCUT2D eigenvalue weighted by atomic mass is 10.0. The second-order valence-electron chi connectivity index (χ2n) is 8.10. The summed E-state index contributed by atoms with van der Waals surface area (Å²) in [7, 11) is 0. The van der Waals surface area contributed by atoms with E-state index in [4.69, 9.17) is 0 Å². The Balaban J connectivity index is 1.50. The molecule has 0 aliphatic heterocycles. The first-order valence-electron chi connectivity index (χ1n) is 11.5. The molecule has 34 heavy (non-hydrogen) atoms. The van der Waals surface area contributed by atoms with Crippen molar-refractivity contribution in [3.05, 3.63) is 83.7 Å². The van der Waals surface area contributed by atoms with Gasteiger partial charge in [-0.25, -0.2) is 0 Å². The Hall–Kier alpha value is -3.45. The number of ketones is 1. The molecule has 0 radical (unpaired) electrons. The number of nitrogens with zero attached hydrogens (tertiary/aromatic N) is 3. The molecule has 0 aliphatic rings. The van der Waals surface area contributed by atoms with E-state index in [1.54, 1.807) is 24.3 Å². The van der Waals surface area contributed by atoms with Crippen LogP contribution in [0.3, 0.4) is 0 Å². The minimum Gasteiger partial charge on any atom is -0.325 e. The number of amides is 1. The Morgan fingerprint density at radius 1 is 0.971 bits per heavy atom. The molecule has 7 heteroatoms. The van der Waals surface area contributed by atoms with Crippen LogP contribution in [-0.4, -0.2) is 31.7 Å². The number of Topliss-reactive ketones (excluding diaryl/α,β-unsaturated/α-hetero) is 1. The molecule has 0 saturated heterocycles.